The van der Waals surface area contributed by atoms with Crippen molar-refractivity contribution in [3.8, 4) is 11.5 Å². The van der Waals surface area contributed by atoms with E-state index in [1.165, 1.54) is 48.8 Å². The van der Waals surface area contributed by atoms with Crippen LogP contribution in [-0.2, 0) is 31.3 Å². The predicted octanol–water partition coefficient (Wildman–Crippen LogP) is 2.97. The molecule has 2 N–H and O–H groups in total. The minimum absolute atomic E-state index is 0.0348. The van der Waals surface area contributed by atoms with Gasteiger partial charge < -0.3 is 19.5 Å². The van der Waals surface area contributed by atoms with Gasteiger partial charge in [0, 0.05) is 30.8 Å². The van der Waals surface area contributed by atoms with Crippen LogP contribution < -0.4 is 14.2 Å². The lowest BCUT2D eigenvalue weighted by molar-refractivity contribution is -0.134. The number of likely N-dealkylation sites (N-methyl/N-ethyl adjacent to an activating group) is 1. The minimum atomic E-state index is -3.89. The van der Waals surface area contributed by atoms with Crippen molar-refractivity contribution in [3.05, 3.63) is 78.4 Å². The number of carbonyl (C=O) groups excluding carboxylic acids is 1. The van der Waals surface area contributed by atoms with Gasteiger partial charge in [-0.15, -0.1) is 0 Å². The van der Waals surface area contributed by atoms with Gasteiger partial charge in [0.05, 0.1) is 42.5 Å². The summed E-state index contributed by atoms with van der Waals surface area (Å²) >= 11 is 0. The number of sulfonamides is 2. The summed E-state index contributed by atoms with van der Waals surface area (Å²) in [6.07, 6.45) is -0.803. The van der Waals surface area contributed by atoms with E-state index in [-0.39, 0.29) is 53.4 Å². The number of rotatable bonds is 10. The van der Waals surface area contributed by atoms with Gasteiger partial charge in [-0.1, -0.05) is 25.1 Å². The van der Waals surface area contributed by atoms with Crippen molar-refractivity contribution in [2.45, 2.75) is 42.2 Å². The first-order chi connectivity index (χ1) is 20.3. The van der Waals surface area contributed by atoms with Crippen LogP contribution in [0.25, 0.3) is 0 Å². The zero-order valence-corrected chi connectivity index (χ0v) is 26.1. The molecule has 0 spiro atoms. The van der Waals surface area contributed by atoms with Crippen LogP contribution in [0.15, 0.2) is 82.6 Å². The molecule has 1 aliphatic rings. The molecule has 0 radical (unpaired) electrons. The van der Waals surface area contributed by atoms with E-state index in [9.17, 15) is 26.7 Å². The minimum Gasteiger partial charge on any atom is -0.497 e. The zero-order chi connectivity index (χ0) is 31.4. The van der Waals surface area contributed by atoms with Gasteiger partial charge in [-0.3, -0.25) is 9.52 Å². The second-order valence-corrected chi connectivity index (χ2v) is 14.3. The molecule has 13 heteroatoms. The van der Waals surface area contributed by atoms with E-state index in [0.29, 0.717) is 17.1 Å². The highest BCUT2D eigenvalue weighted by atomic mass is 32.2. The number of hydrogen-bond acceptors (Lipinski definition) is 8. The third kappa shape index (κ3) is 7.47. The largest absolute Gasteiger partial charge is 0.497 e. The third-order valence-electron chi connectivity index (χ3n) is 7.43. The molecule has 0 saturated heterocycles. The summed E-state index contributed by atoms with van der Waals surface area (Å²) in [5, 5.41) is 9.88. The molecule has 0 bridgehead atoms. The van der Waals surface area contributed by atoms with E-state index < -0.39 is 32.2 Å². The van der Waals surface area contributed by atoms with E-state index in [2.05, 4.69) is 4.72 Å². The van der Waals surface area contributed by atoms with Gasteiger partial charge in [0.2, 0.25) is 15.9 Å². The lowest BCUT2D eigenvalue weighted by Crippen LogP contribution is -2.48. The van der Waals surface area contributed by atoms with E-state index >= 15 is 0 Å². The molecule has 11 nitrogen and oxygen atoms in total. The first-order valence-corrected chi connectivity index (χ1v) is 16.7. The van der Waals surface area contributed by atoms with E-state index in [1.807, 2.05) is 6.92 Å². The molecule has 0 unspecified atom stereocenters. The monoisotopic (exact) mass is 631 g/mol. The van der Waals surface area contributed by atoms with Gasteiger partial charge >= 0.3 is 0 Å². The lowest BCUT2D eigenvalue weighted by atomic mass is 10.0. The molecule has 0 fully saturated rings. The summed E-state index contributed by atoms with van der Waals surface area (Å²) in [4.78, 5) is 15.2. The van der Waals surface area contributed by atoms with Crippen LogP contribution in [-0.4, -0.2) is 83.1 Å². The number of anilines is 1. The normalized spacial score (nSPS) is 18.6. The first-order valence-electron chi connectivity index (χ1n) is 13.7. The molecule has 43 heavy (non-hydrogen) atoms. The Morgan fingerprint density at radius 1 is 1.05 bits per heavy atom. The summed E-state index contributed by atoms with van der Waals surface area (Å²) in [6, 6.07) is 18.1. The van der Waals surface area contributed by atoms with Crippen LogP contribution in [0.2, 0.25) is 0 Å². The van der Waals surface area contributed by atoms with Gasteiger partial charge in [-0.05, 0) is 61.5 Å². The van der Waals surface area contributed by atoms with Crippen LogP contribution >= 0.6 is 0 Å². The predicted molar refractivity (Wildman–Crippen MR) is 162 cm³/mol. The highest BCUT2D eigenvalue weighted by Gasteiger charge is 2.33. The Bertz CT molecular complexity index is 1630. The summed E-state index contributed by atoms with van der Waals surface area (Å²) in [7, 11) is -4.82. The second kappa shape index (κ2) is 13.3. The van der Waals surface area contributed by atoms with Crippen LogP contribution in [0.4, 0.5) is 5.69 Å². The van der Waals surface area contributed by atoms with Crippen LogP contribution in [0.5, 0.6) is 11.5 Å². The maximum absolute atomic E-state index is 13.5. The van der Waals surface area contributed by atoms with Crippen molar-refractivity contribution >= 4 is 31.6 Å². The summed E-state index contributed by atoms with van der Waals surface area (Å²) in [5.41, 5.74) is 0.664. The molecule has 1 aliphatic heterocycles. The number of aliphatic hydroxyl groups is 1. The van der Waals surface area contributed by atoms with Gasteiger partial charge in [-0.2, -0.15) is 4.31 Å². The number of nitrogens with zero attached hydrogens (tertiary/aromatic N) is 2. The molecule has 1 heterocycles. The Balaban J connectivity index is 1.67. The van der Waals surface area contributed by atoms with Crippen LogP contribution in [0, 0.1) is 5.92 Å². The van der Waals surface area contributed by atoms with Crippen molar-refractivity contribution in [3.63, 3.8) is 0 Å². The average Bonchev–Trinajstić information content (AvgIpc) is 3.04. The smallest absolute Gasteiger partial charge is 0.261 e. The third-order valence-corrected chi connectivity index (χ3v) is 10.7. The number of benzene rings is 3. The molecule has 0 aromatic heterocycles. The van der Waals surface area contributed by atoms with E-state index in [4.69, 9.17) is 9.47 Å². The SMILES string of the molecule is COc1ccc(S(=O)(=O)N(C)C[C@@H]2Oc3ccc(NS(=O)(=O)c4ccccc4)cc3CC(=O)N([C@@H](C)CO)C[C@@H]2C)cc1. The maximum atomic E-state index is 13.5. The second-order valence-electron chi connectivity index (χ2n) is 10.6. The van der Waals surface area contributed by atoms with Crippen LogP contribution in [0.1, 0.15) is 19.4 Å². The molecule has 3 aromatic rings. The van der Waals surface area contributed by atoms with Crippen molar-refractivity contribution in [1.82, 2.24) is 9.21 Å². The van der Waals surface area contributed by atoms with Gasteiger partial charge in [-0.25, -0.2) is 16.8 Å². The maximum Gasteiger partial charge on any atom is 0.261 e. The zero-order valence-electron chi connectivity index (χ0n) is 24.5. The standard InChI is InChI=1S/C30H37N3O8S2/c1-21-18-33(22(2)20-34)30(35)17-23-16-24(31-42(36,37)26-8-6-5-7-9-26)10-15-28(23)41-29(21)19-32(3)43(38,39)27-13-11-25(40-4)12-14-27/h5-16,21-22,29,31,34H,17-20H2,1-4H3/t21-,22-,29-/m0/s1. The van der Waals surface area contributed by atoms with Crippen molar-refractivity contribution < 1.29 is 36.2 Å². The number of aliphatic hydroxyl groups excluding tert-OH is 1. The summed E-state index contributed by atoms with van der Waals surface area (Å²) in [6.45, 7) is 3.50. The number of carbonyl (C=O) groups is 1. The Morgan fingerprint density at radius 3 is 2.35 bits per heavy atom. The molecule has 3 atom stereocenters. The van der Waals surface area contributed by atoms with Crippen molar-refractivity contribution in [2.24, 2.45) is 5.92 Å². The molecule has 1 amide bonds. The average molecular weight is 632 g/mol. The van der Waals surface area contributed by atoms with Gasteiger partial charge in [0.15, 0.2) is 0 Å². The van der Waals surface area contributed by atoms with E-state index in [1.54, 1.807) is 54.3 Å². The van der Waals surface area contributed by atoms with Gasteiger partial charge in [0.25, 0.3) is 10.0 Å². The quantitative estimate of drug-likeness (QED) is 0.348. The molecule has 232 valence electrons. The fourth-order valence-corrected chi connectivity index (χ4v) is 7.06. The van der Waals surface area contributed by atoms with Crippen LogP contribution in [0.3, 0.4) is 0 Å². The first kappa shape index (κ1) is 32.3. The summed E-state index contributed by atoms with van der Waals surface area (Å²) < 4.78 is 68.0. The molecular formula is C30H37N3O8S2. The number of amides is 1. The van der Waals surface area contributed by atoms with Gasteiger partial charge in [0.1, 0.15) is 17.6 Å². The molecule has 3 aromatic carbocycles. The molecule has 0 saturated carbocycles. The van der Waals surface area contributed by atoms with Crippen molar-refractivity contribution in [1.29, 1.82) is 0 Å². The summed E-state index contributed by atoms with van der Waals surface area (Å²) in [5.74, 6) is 0.246. The number of ether oxygens (including phenoxy) is 2. The molecule has 4 rings (SSSR count). The Labute approximate surface area is 253 Å². The number of methoxy groups -OCH3 is 1. The Kier molecular flexibility index (Phi) is 10.0. The lowest BCUT2D eigenvalue weighted by Gasteiger charge is -2.33. The Morgan fingerprint density at radius 2 is 1.72 bits per heavy atom. The Hall–Kier alpha value is -3.65. The van der Waals surface area contributed by atoms with E-state index in [0.717, 1.165) is 0 Å². The fourth-order valence-electron chi connectivity index (χ4n) is 4.80. The topological polar surface area (TPSA) is 143 Å². The number of hydrogen-bond donors (Lipinski definition) is 2. The molecular weight excluding hydrogens is 594 g/mol. The fraction of sp³-hybridized carbons (Fsp3) is 0.367. The molecule has 0 aliphatic carbocycles. The number of fused-ring (bicyclic) bond motifs is 1. The van der Waals surface area contributed by atoms with Crippen molar-refractivity contribution in [2.75, 3.05) is 38.6 Å². The highest BCUT2D eigenvalue weighted by Crippen LogP contribution is 2.31. The highest BCUT2D eigenvalue weighted by molar-refractivity contribution is 7.92. The number of nitrogens with one attached hydrogen (secondary N) is 1.